The van der Waals surface area contributed by atoms with Crippen LogP contribution in [-0.2, 0) is 14.3 Å². The summed E-state index contributed by atoms with van der Waals surface area (Å²) >= 11 is 0. The van der Waals surface area contributed by atoms with Crippen LogP contribution in [0.4, 0.5) is 0 Å². The lowest BCUT2D eigenvalue weighted by atomic mass is 9.85. The third-order valence-electron chi connectivity index (χ3n) is 3.22. The summed E-state index contributed by atoms with van der Waals surface area (Å²) in [5.41, 5.74) is 0. The minimum Gasteiger partial charge on any atom is -0.481 e. The molecule has 0 aromatic rings. The molecular weight excluding hydrogens is 246 g/mol. The smallest absolute Gasteiger partial charge is 0.309 e. The highest BCUT2D eigenvalue weighted by Gasteiger charge is 2.30. The highest BCUT2D eigenvalue weighted by Crippen LogP contribution is 2.22. The van der Waals surface area contributed by atoms with E-state index >= 15 is 0 Å². The Morgan fingerprint density at radius 2 is 1.84 bits per heavy atom. The lowest BCUT2D eigenvalue weighted by Gasteiger charge is -2.20. The third-order valence-corrected chi connectivity index (χ3v) is 3.22. The first-order valence-corrected chi connectivity index (χ1v) is 6.63. The molecule has 108 valence electrons. The van der Waals surface area contributed by atoms with Gasteiger partial charge in [0.2, 0.25) is 0 Å². The third kappa shape index (κ3) is 7.58. The van der Waals surface area contributed by atoms with Crippen LogP contribution in [0.25, 0.3) is 0 Å². The number of carboxylic acid groups (broad SMARTS) is 1. The second kappa shape index (κ2) is 10.5. The predicted octanol–water partition coefficient (Wildman–Crippen LogP) is 2.40. The molecule has 5 nitrogen and oxygen atoms in total. The molecule has 0 amide bonds. The average molecular weight is 269 g/mol. The Morgan fingerprint density at radius 1 is 1.21 bits per heavy atom. The number of carboxylic acids is 1. The zero-order valence-electron chi connectivity index (χ0n) is 11.7. The zero-order chi connectivity index (χ0) is 14.7. The SMILES string of the molecule is COCC(C(=O)O)C(CCCCCCC#N)C(C)=O. The number of carbonyl (C=O) groups is 2. The Labute approximate surface area is 114 Å². The summed E-state index contributed by atoms with van der Waals surface area (Å²) in [5.74, 6) is -2.32. The molecule has 0 aromatic heterocycles. The van der Waals surface area contributed by atoms with Gasteiger partial charge in [0, 0.05) is 19.4 Å². The van der Waals surface area contributed by atoms with Crippen molar-refractivity contribution in [2.45, 2.75) is 45.4 Å². The van der Waals surface area contributed by atoms with Gasteiger partial charge in [0.1, 0.15) is 5.78 Å². The maximum Gasteiger partial charge on any atom is 0.309 e. The summed E-state index contributed by atoms with van der Waals surface area (Å²) in [6, 6.07) is 2.09. The monoisotopic (exact) mass is 269 g/mol. The summed E-state index contributed by atoms with van der Waals surface area (Å²) in [6.07, 6.45) is 4.66. The Morgan fingerprint density at radius 3 is 2.32 bits per heavy atom. The molecule has 0 radical (unpaired) electrons. The molecule has 0 heterocycles. The Kier molecular flexibility index (Phi) is 9.73. The number of rotatable bonds is 11. The summed E-state index contributed by atoms with van der Waals surface area (Å²) in [7, 11) is 1.44. The first-order valence-electron chi connectivity index (χ1n) is 6.63. The molecule has 0 aromatic carbocycles. The fraction of sp³-hybridized carbons (Fsp3) is 0.786. The molecule has 0 saturated carbocycles. The lowest BCUT2D eigenvalue weighted by Crippen LogP contribution is -2.32. The van der Waals surface area contributed by atoms with Crippen molar-refractivity contribution in [1.82, 2.24) is 0 Å². The van der Waals surface area contributed by atoms with E-state index in [4.69, 9.17) is 15.1 Å². The van der Waals surface area contributed by atoms with Crippen LogP contribution in [0.2, 0.25) is 0 Å². The van der Waals surface area contributed by atoms with E-state index in [1.165, 1.54) is 14.0 Å². The first kappa shape index (κ1) is 17.6. The van der Waals surface area contributed by atoms with E-state index in [9.17, 15) is 9.59 Å². The lowest BCUT2D eigenvalue weighted by molar-refractivity contribution is -0.149. The molecule has 0 fully saturated rings. The van der Waals surface area contributed by atoms with Gasteiger partial charge in [-0.05, 0) is 19.8 Å². The fourth-order valence-corrected chi connectivity index (χ4v) is 2.15. The van der Waals surface area contributed by atoms with Crippen molar-refractivity contribution >= 4 is 11.8 Å². The normalized spacial score (nSPS) is 13.5. The molecule has 2 unspecified atom stereocenters. The summed E-state index contributed by atoms with van der Waals surface area (Å²) in [4.78, 5) is 22.7. The van der Waals surface area contributed by atoms with E-state index in [1.54, 1.807) is 0 Å². The number of unbranched alkanes of at least 4 members (excludes halogenated alkanes) is 4. The number of ether oxygens (including phenoxy) is 1. The van der Waals surface area contributed by atoms with Crippen molar-refractivity contribution in [3.8, 4) is 6.07 Å². The van der Waals surface area contributed by atoms with Crippen molar-refractivity contribution in [3.05, 3.63) is 0 Å². The van der Waals surface area contributed by atoms with Crippen molar-refractivity contribution in [3.63, 3.8) is 0 Å². The van der Waals surface area contributed by atoms with Crippen LogP contribution < -0.4 is 0 Å². The fourth-order valence-electron chi connectivity index (χ4n) is 2.15. The average Bonchev–Trinajstić information content (AvgIpc) is 2.35. The van der Waals surface area contributed by atoms with Crippen molar-refractivity contribution in [2.75, 3.05) is 13.7 Å². The zero-order valence-corrected chi connectivity index (χ0v) is 11.7. The van der Waals surface area contributed by atoms with Gasteiger partial charge in [-0.2, -0.15) is 5.26 Å². The summed E-state index contributed by atoms with van der Waals surface area (Å²) in [6.45, 7) is 1.50. The second-order valence-corrected chi connectivity index (χ2v) is 4.73. The molecule has 0 spiro atoms. The first-order chi connectivity index (χ1) is 9.04. The molecule has 0 bridgehead atoms. The van der Waals surface area contributed by atoms with Crippen molar-refractivity contribution < 1.29 is 19.4 Å². The number of hydrogen-bond donors (Lipinski definition) is 1. The topological polar surface area (TPSA) is 87.4 Å². The van der Waals surface area contributed by atoms with E-state index < -0.39 is 17.8 Å². The molecule has 2 atom stereocenters. The molecule has 0 saturated heterocycles. The Hall–Kier alpha value is -1.41. The molecule has 5 heteroatoms. The number of Topliss-reactive ketones (excluding diaryl/α,β-unsaturated/α-hetero) is 1. The maximum absolute atomic E-state index is 11.6. The Balaban J connectivity index is 4.21. The van der Waals surface area contributed by atoms with Crippen molar-refractivity contribution in [2.24, 2.45) is 11.8 Å². The second-order valence-electron chi connectivity index (χ2n) is 4.73. The van der Waals surface area contributed by atoms with Crippen LogP contribution in [0.5, 0.6) is 0 Å². The van der Waals surface area contributed by atoms with Crippen LogP contribution in [0, 0.1) is 23.2 Å². The molecule has 19 heavy (non-hydrogen) atoms. The summed E-state index contributed by atoms with van der Waals surface area (Å²) < 4.78 is 4.89. The van der Waals surface area contributed by atoms with Gasteiger partial charge in [0.05, 0.1) is 18.6 Å². The minimum absolute atomic E-state index is 0.0635. The van der Waals surface area contributed by atoms with E-state index in [2.05, 4.69) is 6.07 Å². The predicted molar refractivity (Wildman–Crippen MR) is 70.5 cm³/mol. The number of methoxy groups -OCH3 is 1. The molecule has 0 rings (SSSR count). The van der Waals surface area contributed by atoms with Crippen LogP contribution in [0.3, 0.4) is 0 Å². The number of ketones is 1. The highest BCUT2D eigenvalue weighted by atomic mass is 16.5. The van der Waals surface area contributed by atoms with Gasteiger partial charge < -0.3 is 9.84 Å². The standard InChI is InChI=1S/C14H23NO4/c1-11(16)12(13(10-19-2)14(17)18)8-6-4-3-5-7-9-15/h12-13H,3-8,10H2,1-2H3,(H,17,18). The molecule has 0 aliphatic heterocycles. The Bertz CT molecular complexity index is 322. The molecular formula is C14H23NO4. The number of nitriles is 1. The quantitative estimate of drug-likeness (QED) is 0.582. The molecule has 0 aliphatic rings. The van der Waals surface area contributed by atoms with Gasteiger partial charge in [-0.3, -0.25) is 9.59 Å². The number of nitrogens with zero attached hydrogens (tertiary/aromatic N) is 1. The van der Waals surface area contributed by atoms with Gasteiger partial charge in [0.25, 0.3) is 0 Å². The maximum atomic E-state index is 11.6. The minimum atomic E-state index is -0.980. The van der Waals surface area contributed by atoms with E-state index in [-0.39, 0.29) is 12.4 Å². The van der Waals surface area contributed by atoms with E-state index in [1.807, 2.05) is 0 Å². The van der Waals surface area contributed by atoms with Gasteiger partial charge >= 0.3 is 5.97 Å². The van der Waals surface area contributed by atoms with E-state index in [0.29, 0.717) is 12.8 Å². The highest BCUT2D eigenvalue weighted by molar-refractivity contribution is 5.84. The summed E-state index contributed by atoms with van der Waals surface area (Å²) in [5, 5.41) is 17.5. The number of aliphatic carboxylic acids is 1. The van der Waals surface area contributed by atoms with Crippen LogP contribution in [0.1, 0.15) is 45.4 Å². The van der Waals surface area contributed by atoms with Crippen LogP contribution in [0.15, 0.2) is 0 Å². The van der Waals surface area contributed by atoms with Crippen LogP contribution in [-0.4, -0.2) is 30.6 Å². The number of carbonyl (C=O) groups excluding carboxylic acids is 1. The van der Waals surface area contributed by atoms with Gasteiger partial charge in [-0.1, -0.05) is 19.3 Å². The van der Waals surface area contributed by atoms with Gasteiger partial charge in [0.15, 0.2) is 0 Å². The largest absolute Gasteiger partial charge is 0.481 e. The molecule has 1 N–H and O–H groups in total. The molecule has 0 aliphatic carbocycles. The van der Waals surface area contributed by atoms with E-state index in [0.717, 1.165) is 25.7 Å². The van der Waals surface area contributed by atoms with Gasteiger partial charge in [-0.15, -0.1) is 0 Å². The van der Waals surface area contributed by atoms with Crippen molar-refractivity contribution in [1.29, 1.82) is 5.26 Å². The number of hydrogen-bond acceptors (Lipinski definition) is 4. The van der Waals surface area contributed by atoms with Gasteiger partial charge in [-0.25, -0.2) is 0 Å². The van der Waals surface area contributed by atoms with Crippen LogP contribution >= 0.6 is 0 Å².